The lowest BCUT2D eigenvalue weighted by Crippen LogP contribution is -2.35. The van der Waals surface area contributed by atoms with Crippen molar-refractivity contribution in [1.82, 2.24) is 4.31 Å². The minimum Gasteiger partial charge on any atom is -0.475 e. The van der Waals surface area contributed by atoms with E-state index in [2.05, 4.69) is 15.9 Å². The number of nitrogens with zero attached hydrogens (tertiary/aromatic N) is 1. The molecule has 1 saturated heterocycles. The molecule has 106 valence electrons. The highest BCUT2D eigenvalue weighted by atomic mass is 79.9. The van der Waals surface area contributed by atoms with Crippen molar-refractivity contribution in [2.45, 2.75) is 37.1 Å². The second-order valence-electron chi connectivity index (χ2n) is 4.37. The summed E-state index contributed by atoms with van der Waals surface area (Å²) in [5.41, 5.74) is 0. The van der Waals surface area contributed by atoms with E-state index < -0.39 is 21.8 Å². The molecule has 1 unspecified atom stereocenters. The normalized spacial score (nSPS) is 20.8. The molecule has 1 aromatic rings. The molecule has 0 aromatic carbocycles. The van der Waals surface area contributed by atoms with Gasteiger partial charge < -0.3 is 9.52 Å². The van der Waals surface area contributed by atoms with Gasteiger partial charge in [0.2, 0.25) is 15.8 Å². The van der Waals surface area contributed by atoms with E-state index in [1.165, 1.54) is 4.31 Å². The summed E-state index contributed by atoms with van der Waals surface area (Å²) in [4.78, 5) is 10.7. The average Bonchev–Trinajstić information content (AvgIpc) is 2.94. The lowest BCUT2D eigenvalue weighted by atomic mass is 10.2. The van der Waals surface area contributed by atoms with Gasteiger partial charge in [-0.2, -0.15) is 4.31 Å². The van der Waals surface area contributed by atoms with Crippen LogP contribution >= 0.6 is 15.9 Å². The Morgan fingerprint density at radius 1 is 1.63 bits per heavy atom. The van der Waals surface area contributed by atoms with E-state index in [-0.39, 0.29) is 15.6 Å². The largest absolute Gasteiger partial charge is 0.475 e. The lowest BCUT2D eigenvalue weighted by Gasteiger charge is -2.22. The van der Waals surface area contributed by atoms with Gasteiger partial charge in [0, 0.05) is 18.7 Å². The van der Waals surface area contributed by atoms with Gasteiger partial charge in [-0.15, -0.1) is 0 Å². The number of sulfonamides is 1. The van der Waals surface area contributed by atoms with Crippen molar-refractivity contribution in [3.63, 3.8) is 0 Å². The molecule has 0 spiro atoms. The second-order valence-corrected chi connectivity index (χ2v) is 6.95. The van der Waals surface area contributed by atoms with E-state index in [9.17, 15) is 13.2 Å². The van der Waals surface area contributed by atoms with Crippen LogP contribution in [0.5, 0.6) is 0 Å². The summed E-state index contributed by atoms with van der Waals surface area (Å²) in [6.07, 6.45) is 2.39. The predicted octanol–water partition coefficient (Wildman–Crippen LogP) is 2.30. The fraction of sp³-hybridized carbons (Fsp3) is 0.545. The van der Waals surface area contributed by atoms with E-state index in [1.54, 1.807) is 0 Å². The average molecular weight is 352 g/mol. The molecule has 6 nitrogen and oxygen atoms in total. The zero-order valence-electron chi connectivity index (χ0n) is 10.3. The Bertz CT molecular complexity index is 594. The number of aromatic carboxylic acids is 1. The fourth-order valence-corrected chi connectivity index (χ4v) is 4.97. The first kappa shape index (κ1) is 14.5. The Kier molecular flexibility index (Phi) is 4.03. The Morgan fingerprint density at radius 3 is 2.84 bits per heavy atom. The molecule has 2 rings (SSSR count). The number of hydrogen-bond donors (Lipinski definition) is 1. The molecule has 0 saturated carbocycles. The molecule has 1 fully saturated rings. The van der Waals surface area contributed by atoms with Crippen molar-refractivity contribution >= 4 is 31.9 Å². The van der Waals surface area contributed by atoms with Gasteiger partial charge in [-0.05, 0) is 35.2 Å². The maximum atomic E-state index is 12.5. The van der Waals surface area contributed by atoms with Gasteiger partial charge in [0.05, 0.1) is 0 Å². The van der Waals surface area contributed by atoms with Crippen LogP contribution in [-0.4, -0.2) is 36.4 Å². The third-order valence-corrected chi connectivity index (χ3v) is 6.06. The number of rotatable bonds is 4. The topological polar surface area (TPSA) is 87.8 Å². The number of halogens is 1. The van der Waals surface area contributed by atoms with Gasteiger partial charge >= 0.3 is 5.97 Å². The van der Waals surface area contributed by atoms with E-state index in [0.717, 1.165) is 25.3 Å². The molecule has 0 aliphatic carbocycles. The Hall–Kier alpha value is -0.860. The quantitative estimate of drug-likeness (QED) is 0.898. The number of carboxylic acid groups (broad SMARTS) is 1. The minimum absolute atomic E-state index is 0.0277. The van der Waals surface area contributed by atoms with Crippen LogP contribution in [0.25, 0.3) is 0 Å². The molecule has 0 amide bonds. The molecule has 2 heterocycles. The summed E-state index contributed by atoms with van der Waals surface area (Å²) in [5, 5.41) is 8.83. The van der Waals surface area contributed by atoms with Crippen LogP contribution in [0.3, 0.4) is 0 Å². The maximum Gasteiger partial charge on any atom is 0.371 e. The van der Waals surface area contributed by atoms with Gasteiger partial charge in [-0.1, -0.05) is 6.92 Å². The molecule has 1 atom stereocenters. The third kappa shape index (κ3) is 2.56. The minimum atomic E-state index is -3.71. The number of carboxylic acids is 1. The van der Waals surface area contributed by atoms with Crippen molar-refractivity contribution in [1.29, 1.82) is 0 Å². The summed E-state index contributed by atoms with van der Waals surface area (Å²) < 4.78 is 31.3. The molecule has 0 bridgehead atoms. The molecule has 19 heavy (non-hydrogen) atoms. The van der Waals surface area contributed by atoms with Crippen molar-refractivity contribution in [2.24, 2.45) is 0 Å². The molecule has 1 aliphatic heterocycles. The Labute approximate surface area is 119 Å². The van der Waals surface area contributed by atoms with Gasteiger partial charge in [-0.3, -0.25) is 0 Å². The van der Waals surface area contributed by atoms with Crippen LogP contribution in [0.2, 0.25) is 0 Å². The number of furan rings is 1. The van der Waals surface area contributed by atoms with E-state index in [4.69, 9.17) is 9.52 Å². The highest BCUT2D eigenvalue weighted by Gasteiger charge is 2.37. The SMILES string of the molecule is CCC1CCCN1S(=O)(=O)c1cc(C(=O)O)oc1Br. The first-order chi connectivity index (χ1) is 8.87. The van der Waals surface area contributed by atoms with Crippen LogP contribution in [0.1, 0.15) is 36.7 Å². The smallest absolute Gasteiger partial charge is 0.371 e. The van der Waals surface area contributed by atoms with E-state index in [1.807, 2.05) is 6.92 Å². The summed E-state index contributed by atoms with van der Waals surface area (Å²) in [6.45, 7) is 2.40. The molecule has 1 aromatic heterocycles. The standard InChI is InChI=1S/C11H14BrNO5S/c1-2-7-4-3-5-13(7)19(16,17)9-6-8(11(14)15)18-10(9)12/h6-7H,2-5H2,1H3,(H,14,15). The maximum absolute atomic E-state index is 12.5. The summed E-state index contributed by atoms with van der Waals surface area (Å²) >= 11 is 2.97. The molecule has 1 N–H and O–H groups in total. The van der Waals surface area contributed by atoms with E-state index in [0.29, 0.717) is 6.54 Å². The van der Waals surface area contributed by atoms with Gasteiger partial charge in [0.25, 0.3) is 0 Å². The molecule has 1 aliphatic rings. The number of hydrogen-bond acceptors (Lipinski definition) is 4. The molecular formula is C11H14BrNO5S. The zero-order chi connectivity index (χ0) is 14.2. The van der Waals surface area contributed by atoms with Crippen molar-refractivity contribution in [3.05, 3.63) is 16.5 Å². The van der Waals surface area contributed by atoms with Crippen molar-refractivity contribution in [2.75, 3.05) is 6.54 Å². The lowest BCUT2D eigenvalue weighted by molar-refractivity contribution is 0.0661. The van der Waals surface area contributed by atoms with Crippen LogP contribution in [0.4, 0.5) is 0 Å². The highest BCUT2D eigenvalue weighted by Crippen LogP contribution is 2.33. The fourth-order valence-electron chi connectivity index (χ4n) is 2.29. The Morgan fingerprint density at radius 2 is 2.32 bits per heavy atom. The van der Waals surface area contributed by atoms with Crippen molar-refractivity contribution < 1.29 is 22.7 Å². The first-order valence-electron chi connectivity index (χ1n) is 5.92. The van der Waals surface area contributed by atoms with Crippen molar-refractivity contribution in [3.8, 4) is 0 Å². The summed E-state index contributed by atoms with van der Waals surface area (Å²) in [5.74, 6) is -1.69. The van der Waals surface area contributed by atoms with E-state index >= 15 is 0 Å². The zero-order valence-corrected chi connectivity index (χ0v) is 12.7. The summed E-state index contributed by atoms with van der Waals surface area (Å²) in [6, 6.07) is 1.02. The van der Waals surface area contributed by atoms with Gasteiger partial charge in [0.1, 0.15) is 4.90 Å². The second kappa shape index (κ2) is 5.26. The van der Waals surface area contributed by atoms with Crippen LogP contribution < -0.4 is 0 Å². The van der Waals surface area contributed by atoms with Crippen LogP contribution in [0, 0.1) is 0 Å². The van der Waals surface area contributed by atoms with Crippen LogP contribution in [-0.2, 0) is 10.0 Å². The summed E-state index contributed by atoms with van der Waals surface area (Å²) in [7, 11) is -3.71. The molecule has 0 radical (unpaired) electrons. The van der Waals surface area contributed by atoms with Crippen LogP contribution in [0.15, 0.2) is 20.0 Å². The van der Waals surface area contributed by atoms with Gasteiger partial charge in [-0.25, -0.2) is 13.2 Å². The Balaban J connectivity index is 2.42. The number of carbonyl (C=O) groups is 1. The third-order valence-electron chi connectivity index (χ3n) is 3.25. The monoisotopic (exact) mass is 351 g/mol. The predicted molar refractivity (Wildman–Crippen MR) is 70.6 cm³/mol. The highest BCUT2D eigenvalue weighted by molar-refractivity contribution is 9.10. The molecule has 8 heteroatoms. The molecular weight excluding hydrogens is 338 g/mol. The van der Waals surface area contributed by atoms with Gasteiger partial charge in [0.15, 0.2) is 4.67 Å². The first-order valence-corrected chi connectivity index (χ1v) is 8.15.